The first-order valence-corrected chi connectivity index (χ1v) is 8.31. The van der Waals surface area contributed by atoms with Gasteiger partial charge in [-0.15, -0.1) is 6.58 Å². The van der Waals surface area contributed by atoms with Crippen LogP contribution in [0.2, 0.25) is 0 Å². The lowest BCUT2D eigenvalue weighted by atomic mass is 9.83. The van der Waals surface area contributed by atoms with Crippen molar-refractivity contribution in [1.29, 1.82) is 0 Å². The van der Waals surface area contributed by atoms with Gasteiger partial charge in [-0.05, 0) is 41.2 Å². The molecule has 1 heterocycles. The molecule has 1 saturated heterocycles. The van der Waals surface area contributed by atoms with Crippen molar-refractivity contribution in [2.45, 2.75) is 12.8 Å². The Bertz CT molecular complexity index is 432. The van der Waals surface area contributed by atoms with Crippen molar-refractivity contribution in [1.82, 2.24) is 4.90 Å². The molecule has 1 aliphatic heterocycles. The molecule has 0 saturated carbocycles. The summed E-state index contributed by atoms with van der Waals surface area (Å²) in [7, 11) is 0. The molecule has 2 rings (SSSR count). The highest BCUT2D eigenvalue weighted by molar-refractivity contribution is 14.1. The number of benzene rings is 1. The van der Waals surface area contributed by atoms with Crippen LogP contribution in [-0.2, 0) is 0 Å². The number of alkyl halides is 1. The van der Waals surface area contributed by atoms with Crippen molar-refractivity contribution in [3.05, 3.63) is 48.6 Å². The van der Waals surface area contributed by atoms with E-state index < -0.39 is 0 Å². The fourth-order valence-corrected chi connectivity index (χ4v) is 3.54. The molecule has 1 amide bonds. The van der Waals surface area contributed by atoms with Gasteiger partial charge in [0.25, 0.3) is 5.91 Å². The Morgan fingerprint density at radius 3 is 2.79 bits per heavy atom. The van der Waals surface area contributed by atoms with Gasteiger partial charge in [0.05, 0.1) is 0 Å². The lowest BCUT2D eigenvalue weighted by Gasteiger charge is -2.37. The first-order valence-electron chi connectivity index (χ1n) is 6.79. The lowest BCUT2D eigenvalue weighted by molar-refractivity contribution is 0.0637. The van der Waals surface area contributed by atoms with Crippen LogP contribution >= 0.6 is 22.6 Å². The van der Waals surface area contributed by atoms with Gasteiger partial charge < -0.3 is 4.90 Å². The summed E-state index contributed by atoms with van der Waals surface area (Å²) in [5, 5.41) is 0. The highest BCUT2D eigenvalue weighted by Crippen LogP contribution is 2.28. The first kappa shape index (κ1) is 14.6. The molecule has 2 unspecified atom stereocenters. The Kier molecular flexibility index (Phi) is 5.43. The lowest BCUT2D eigenvalue weighted by Crippen LogP contribution is -2.43. The highest BCUT2D eigenvalue weighted by Gasteiger charge is 2.29. The standard InChI is InChI=1S/C16H20INO/c1-2-13-12-18(11-9-14(13)8-10-17)16(19)15-6-4-3-5-7-15/h2-7,13-14H,1,8-12H2. The van der Waals surface area contributed by atoms with Crippen LogP contribution in [0.4, 0.5) is 0 Å². The number of carbonyl (C=O) groups excluding carboxylic acids is 1. The van der Waals surface area contributed by atoms with E-state index in [9.17, 15) is 4.79 Å². The fourth-order valence-electron chi connectivity index (χ4n) is 2.74. The van der Waals surface area contributed by atoms with Crippen molar-refractivity contribution in [3.8, 4) is 0 Å². The highest BCUT2D eigenvalue weighted by atomic mass is 127. The Labute approximate surface area is 129 Å². The number of nitrogens with zero attached hydrogens (tertiary/aromatic N) is 1. The Balaban J connectivity index is 2.04. The summed E-state index contributed by atoms with van der Waals surface area (Å²) in [5.74, 6) is 1.28. The van der Waals surface area contributed by atoms with E-state index in [1.165, 1.54) is 10.8 Å². The molecule has 1 aromatic carbocycles. The molecule has 0 bridgehead atoms. The third-order valence-electron chi connectivity index (χ3n) is 3.90. The van der Waals surface area contributed by atoms with E-state index in [1.54, 1.807) is 0 Å². The number of amides is 1. The third-order valence-corrected chi connectivity index (χ3v) is 4.52. The fraction of sp³-hybridized carbons (Fsp3) is 0.438. The predicted molar refractivity (Wildman–Crippen MR) is 87.6 cm³/mol. The zero-order valence-electron chi connectivity index (χ0n) is 11.1. The molecule has 0 radical (unpaired) electrons. The summed E-state index contributed by atoms with van der Waals surface area (Å²) in [6.45, 7) is 5.64. The normalized spacial score (nSPS) is 23.1. The second kappa shape index (κ2) is 7.08. The minimum Gasteiger partial charge on any atom is -0.338 e. The van der Waals surface area contributed by atoms with Gasteiger partial charge in [-0.25, -0.2) is 0 Å². The van der Waals surface area contributed by atoms with Crippen molar-refractivity contribution in [3.63, 3.8) is 0 Å². The third kappa shape index (κ3) is 3.59. The molecule has 2 nitrogen and oxygen atoms in total. The average Bonchev–Trinajstić information content (AvgIpc) is 2.48. The van der Waals surface area contributed by atoms with E-state index in [4.69, 9.17) is 0 Å². The van der Waals surface area contributed by atoms with Crippen LogP contribution in [0, 0.1) is 11.8 Å². The summed E-state index contributed by atoms with van der Waals surface area (Å²) in [4.78, 5) is 14.4. The molecule has 0 aliphatic carbocycles. The smallest absolute Gasteiger partial charge is 0.253 e. The minimum atomic E-state index is 0.153. The molecule has 102 valence electrons. The van der Waals surface area contributed by atoms with Crippen LogP contribution in [0.1, 0.15) is 23.2 Å². The van der Waals surface area contributed by atoms with E-state index in [0.29, 0.717) is 11.8 Å². The second-order valence-corrected chi connectivity index (χ2v) is 6.12. The Hall–Kier alpha value is -0.840. The maximum atomic E-state index is 12.4. The van der Waals surface area contributed by atoms with Crippen LogP contribution in [0.25, 0.3) is 0 Å². The van der Waals surface area contributed by atoms with Crippen LogP contribution in [0.15, 0.2) is 43.0 Å². The Morgan fingerprint density at radius 1 is 1.42 bits per heavy atom. The van der Waals surface area contributed by atoms with Crippen molar-refractivity contribution < 1.29 is 4.79 Å². The summed E-state index contributed by atoms with van der Waals surface area (Å²) in [6.07, 6.45) is 4.35. The van der Waals surface area contributed by atoms with E-state index in [0.717, 1.165) is 25.1 Å². The summed E-state index contributed by atoms with van der Waals surface area (Å²) in [6, 6.07) is 9.56. The van der Waals surface area contributed by atoms with E-state index >= 15 is 0 Å². The molecule has 3 heteroatoms. The molecular weight excluding hydrogens is 349 g/mol. The summed E-state index contributed by atoms with van der Waals surface area (Å²) in [5.41, 5.74) is 0.789. The van der Waals surface area contributed by atoms with Gasteiger partial charge in [-0.3, -0.25) is 4.79 Å². The Morgan fingerprint density at radius 2 is 2.16 bits per heavy atom. The second-order valence-electron chi connectivity index (χ2n) is 5.04. The summed E-state index contributed by atoms with van der Waals surface area (Å²) >= 11 is 2.43. The maximum Gasteiger partial charge on any atom is 0.253 e. The number of likely N-dealkylation sites (tertiary alicyclic amines) is 1. The predicted octanol–water partition coefficient (Wildman–Crippen LogP) is 3.78. The van der Waals surface area contributed by atoms with E-state index in [2.05, 4.69) is 29.2 Å². The molecule has 1 aromatic rings. The molecule has 1 fully saturated rings. The van der Waals surface area contributed by atoms with Gasteiger partial charge in [-0.2, -0.15) is 0 Å². The average molecular weight is 369 g/mol. The van der Waals surface area contributed by atoms with Crippen molar-refractivity contribution in [2.75, 3.05) is 17.5 Å². The zero-order valence-corrected chi connectivity index (χ0v) is 13.3. The van der Waals surface area contributed by atoms with Gasteiger partial charge in [0, 0.05) is 18.7 Å². The molecule has 2 atom stereocenters. The van der Waals surface area contributed by atoms with E-state index in [-0.39, 0.29) is 5.91 Å². The molecular formula is C16H20INO. The molecule has 19 heavy (non-hydrogen) atoms. The van der Waals surface area contributed by atoms with Gasteiger partial charge in [0.1, 0.15) is 0 Å². The number of hydrogen-bond donors (Lipinski definition) is 0. The number of halogens is 1. The van der Waals surface area contributed by atoms with Gasteiger partial charge in [0.2, 0.25) is 0 Å². The van der Waals surface area contributed by atoms with Gasteiger partial charge >= 0.3 is 0 Å². The van der Waals surface area contributed by atoms with Gasteiger partial charge in [0.15, 0.2) is 0 Å². The van der Waals surface area contributed by atoms with Crippen molar-refractivity contribution in [2.24, 2.45) is 11.8 Å². The molecule has 1 aliphatic rings. The maximum absolute atomic E-state index is 12.4. The topological polar surface area (TPSA) is 20.3 Å². The van der Waals surface area contributed by atoms with Crippen LogP contribution < -0.4 is 0 Å². The summed E-state index contributed by atoms with van der Waals surface area (Å²) < 4.78 is 1.18. The van der Waals surface area contributed by atoms with Crippen LogP contribution in [-0.4, -0.2) is 28.3 Å². The minimum absolute atomic E-state index is 0.153. The monoisotopic (exact) mass is 369 g/mol. The van der Waals surface area contributed by atoms with E-state index in [1.807, 2.05) is 41.3 Å². The number of rotatable bonds is 4. The number of carbonyl (C=O) groups is 1. The first-order chi connectivity index (χ1) is 9.26. The SMILES string of the molecule is C=CC1CN(C(=O)c2ccccc2)CCC1CCI. The number of hydrogen-bond acceptors (Lipinski definition) is 1. The number of piperidine rings is 1. The van der Waals surface area contributed by atoms with Crippen LogP contribution in [0.5, 0.6) is 0 Å². The largest absolute Gasteiger partial charge is 0.338 e. The van der Waals surface area contributed by atoms with Gasteiger partial charge in [-0.1, -0.05) is 46.9 Å². The van der Waals surface area contributed by atoms with Crippen LogP contribution in [0.3, 0.4) is 0 Å². The quantitative estimate of drug-likeness (QED) is 0.450. The van der Waals surface area contributed by atoms with Crippen molar-refractivity contribution >= 4 is 28.5 Å². The molecule has 0 N–H and O–H groups in total. The zero-order chi connectivity index (χ0) is 13.7. The molecule has 0 spiro atoms. The molecule has 0 aromatic heterocycles.